The van der Waals surface area contributed by atoms with Crippen molar-refractivity contribution in [3.63, 3.8) is 0 Å². The summed E-state index contributed by atoms with van der Waals surface area (Å²) in [6, 6.07) is 55.2. The van der Waals surface area contributed by atoms with Gasteiger partial charge in [-0.3, -0.25) is 0 Å². The zero-order valence-corrected chi connectivity index (χ0v) is 30.4. The Labute approximate surface area is 317 Å². The van der Waals surface area contributed by atoms with Crippen molar-refractivity contribution in [2.45, 2.75) is 19.3 Å². The van der Waals surface area contributed by atoms with Gasteiger partial charge in [0.15, 0.2) is 28.8 Å². The van der Waals surface area contributed by atoms with Crippen molar-refractivity contribution in [3.05, 3.63) is 169 Å². The van der Waals surface area contributed by atoms with Crippen LogP contribution in [0.2, 0.25) is 0 Å². The number of nitrogens with zero attached hydrogens (tertiary/aromatic N) is 2. The largest absolute Gasteiger partial charge is 0.449 e. The zero-order chi connectivity index (χ0) is 36.0. The molecule has 0 radical (unpaired) electrons. The standard InChI is InChI=1S/C49H32N2O2S/c1-49(2)37-17-8-6-16-36(37)46-38(49)22-24-42-47(46)53-41-23-20-31(26-43(41)52-42)30-13-10-14-32(25-30)40-28-39(29-11-4-3-5-12-29)50-48(51-40)33-19-21-35-34-15-7-9-18-44(34)54-45(35)27-33/h3-28H,1-2H3. The summed E-state index contributed by atoms with van der Waals surface area (Å²) < 4.78 is 15.8. The number of aromatic nitrogens is 2. The Hall–Kier alpha value is -6.56. The first-order valence-corrected chi connectivity index (χ1v) is 19.0. The normalized spacial score (nSPS) is 13.4. The minimum Gasteiger partial charge on any atom is -0.449 e. The molecular formula is C49H32N2O2S. The van der Waals surface area contributed by atoms with Gasteiger partial charge in [0.2, 0.25) is 0 Å². The first-order valence-electron chi connectivity index (χ1n) is 18.2. The molecule has 9 aromatic rings. The van der Waals surface area contributed by atoms with Gasteiger partial charge in [0, 0.05) is 47.8 Å². The van der Waals surface area contributed by atoms with Crippen LogP contribution in [-0.4, -0.2) is 9.97 Å². The van der Waals surface area contributed by atoms with Crippen molar-refractivity contribution in [1.82, 2.24) is 9.97 Å². The number of ether oxygens (including phenoxy) is 2. The van der Waals surface area contributed by atoms with E-state index in [1.807, 2.05) is 30.3 Å². The van der Waals surface area contributed by atoms with Gasteiger partial charge in [-0.2, -0.15) is 0 Å². The first kappa shape index (κ1) is 31.0. The summed E-state index contributed by atoms with van der Waals surface area (Å²) in [5.41, 5.74) is 11.7. The molecule has 5 heteroatoms. The van der Waals surface area contributed by atoms with Gasteiger partial charge in [-0.1, -0.05) is 129 Å². The molecule has 2 aromatic heterocycles. The monoisotopic (exact) mass is 712 g/mol. The molecule has 11 rings (SSSR count). The Morgan fingerprint density at radius 1 is 0.463 bits per heavy atom. The SMILES string of the molecule is CC1(C)c2ccccc2-c2c1ccc1c2Oc2ccc(-c3cccc(-c4cc(-c5ccccc5)nc(-c5ccc6c(c5)sc5ccccc56)n4)c3)cc2O1. The van der Waals surface area contributed by atoms with Crippen LogP contribution < -0.4 is 9.47 Å². The van der Waals surface area contributed by atoms with E-state index < -0.39 is 0 Å². The molecule has 0 unspecified atom stereocenters. The lowest BCUT2D eigenvalue weighted by Crippen LogP contribution is -2.15. The van der Waals surface area contributed by atoms with Crippen molar-refractivity contribution in [2.75, 3.05) is 0 Å². The van der Waals surface area contributed by atoms with E-state index in [2.05, 4.69) is 141 Å². The van der Waals surface area contributed by atoms with Crippen molar-refractivity contribution in [3.8, 4) is 79.2 Å². The zero-order valence-electron chi connectivity index (χ0n) is 29.6. The third kappa shape index (κ3) is 4.82. The van der Waals surface area contributed by atoms with Crippen LogP contribution in [0.25, 0.3) is 76.3 Å². The van der Waals surface area contributed by atoms with Crippen LogP contribution in [-0.2, 0) is 5.41 Å². The molecule has 0 bridgehead atoms. The smallest absolute Gasteiger partial charge is 0.178 e. The van der Waals surface area contributed by atoms with E-state index in [0.29, 0.717) is 17.3 Å². The summed E-state index contributed by atoms with van der Waals surface area (Å²) in [5.74, 6) is 3.62. The van der Waals surface area contributed by atoms with E-state index in [0.717, 1.165) is 56.3 Å². The number of fused-ring (bicyclic) bond motifs is 9. The molecule has 0 atom stereocenters. The Morgan fingerprint density at radius 2 is 1.17 bits per heavy atom. The highest BCUT2D eigenvalue weighted by Crippen LogP contribution is 2.58. The van der Waals surface area contributed by atoms with Crippen molar-refractivity contribution >= 4 is 31.5 Å². The Balaban J connectivity index is 0.970. The van der Waals surface area contributed by atoms with Gasteiger partial charge in [-0.25, -0.2) is 9.97 Å². The Kier molecular flexibility index (Phi) is 6.73. The first-order chi connectivity index (χ1) is 26.5. The van der Waals surface area contributed by atoms with Crippen LogP contribution in [0.5, 0.6) is 23.0 Å². The topological polar surface area (TPSA) is 44.2 Å². The predicted octanol–water partition coefficient (Wildman–Crippen LogP) is 13.7. The maximum atomic E-state index is 6.67. The number of thiophene rings is 1. The molecule has 4 nitrogen and oxygen atoms in total. The Bertz CT molecular complexity index is 2980. The van der Waals surface area contributed by atoms with Crippen LogP contribution in [0.4, 0.5) is 0 Å². The minimum absolute atomic E-state index is 0.113. The van der Waals surface area contributed by atoms with Gasteiger partial charge < -0.3 is 9.47 Å². The van der Waals surface area contributed by atoms with Crippen LogP contribution >= 0.6 is 11.3 Å². The molecule has 0 saturated carbocycles. The second-order valence-corrected chi connectivity index (χ2v) is 15.7. The van der Waals surface area contributed by atoms with Crippen LogP contribution in [0.1, 0.15) is 25.0 Å². The number of hydrogen-bond donors (Lipinski definition) is 0. The van der Waals surface area contributed by atoms with Crippen LogP contribution in [0.3, 0.4) is 0 Å². The lowest BCUT2D eigenvalue weighted by molar-refractivity contribution is 0.360. The van der Waals surface area contributed by atoms with Crippen molar-refractivity contribution in [1.29, 1.82) is 0 Å². The fraction of sp³-hybridized carbons (Fsp3) is 0.0612. The third-order valence-electron chi connectivity index (χ3n) is 11.0. The summed E-state index contributed by atoms with van der Waals surface area (Å²) in [6.07, 6.45) is 0. The summed E-state index contributed by atoms with van der Waals surface area (Å²) in [6.45, 7) is 4.55. The van der Waals surface area contributed by atoms with Crippen molar-refractivity contribution in [2.24, 2.45) is 0 Å². The molecule has 0 saturated heterocycles. The van der Waals surface area contributed by atoms with Crippen LogP contribution in [0.15, 0.2) is 158 Å². The molecule has 3 heterocycles. The minimum atomic E-state index is -0.113. The summed E-state index contributed by atoms with van der Waals surface area (Å²) in [4.78, 5) is 10.3. The van der Waals surface area contributed by atoms with Gasteiger partial charge >= 0.3 is 0 Å². The van der Waals surface area contributed by atoms with Gasteiger partial charge in [0.05, 0.1) is 11.4 Å². The highest BCUT2D eigenvalue weighted by molar-refractivity contribution is 7.25. The highest BCUT2D eigenvalue weighted by Gasteiger charge is 2.39. The summed E-state index contributed by atoms with van der Waals surface area (Å²) in [5, 5.41) is 2.54. The van der Waals surface area contributed by atoms with E-state index in [1.54, 1.807) is 11.3 Å². The second-order valence-electron chi connectivity index (χ2n) is 14.6. The Morgan fingerprint density at radius 3 is 2.07 bits per heavy atom. The quantitative estimate of drug-likeness (QED) is 0.182. The molecule has 0 amide bonds. The third-order valence-corrected chi connectivity index (χ3v) is 12.1. The average molecular weight is 713 g/mol. The lowest BCUT2D eigenvalue weighted by atomic mass is 9.82. The summed E-state index contributed by atoms with van der Waals surface area (Å²) >= 11 is 1.80. The summed E-state index contributed by atoms with van der Waals surface area (Å²) in [7, 11) is 0. The molecular weight excluding hydrogens is 681 g/mol. The number of benzene rings is 7. The van der Waals surface area contributed by atoms with Gasteiger partial charge in [-0.15, -0.1) is 11.3 Å². The molecule has 7 aromatic carbocycles. The maximum absolute atomic E-state index is 6.67. The molecule has 54 heavy (non-hydrogen) atoms. The molecule has 2 aliphatic rings. The van der Waals surface area contributed by atoms with Crippen molar-refractivity contribution < 1.29 is 9.47 Å². The molecule has 0 N–H and O–H groups in total. The van der Waals surface area contributed by atoms with Crippen LogP contribution in [0, 0.1) is 0 Å². The molecule has 0 fully saturated rings. The molecule has 256 valence electrons. The van der Waals surface area contributed by atoms with Gasteiger partial charge in [0.1, 0.15) is 0 Å². The number of rotatable bonds is 4. The predicted molar refractivity (Wildman–Crippen MR) is 221 cm³/mol. The van der Waals surface area contributed by atoms with Gasteiger partial charge in [0.25, 0.3) is 0 Å². The maximum Gasteiger partial charge on any atom is 0.178 e. The lowest BCUT2D eigenvalue weighted by Gasteiger charge is -2.25. The van der Waals surface area contributed by atoms with E-state index >= 15 is 0 Å². The molecule has 0 spiro atoms. The molecule has 1 aliphatic heterocycles. The van der Waals surface area contributed by atoms with E-state index in [1.165, 1.54) is 36.9 Å². The second kappa shape index (κ2) is 11.7. The molecule has 1 aliphatic carbocycles. The van der Waals surface area contributed by atoms with Gasteiger partial charge in [-0.05, 0) is 70.3 Å². The fourth-order valence-electron chi connectivity index (χ4n) is 8.21. The van der Waals surface area contributed by atoms with E-state index in [-0.39, 0.29) is 5.41 Å². The van der Waals surface area contributed by atoms with E-state index in [4.69, 9.17) is 19.4 Å². The van der Waals surface area contributed by atoms with E-state index in [9.17, 15) is 0 Å². The number of hydrogen-bond acceptors (Lipinski definition) is 5. The average Bonchev–Trinajstić information content (AvgIpc) is 3.71. The highest BCUT2D eigenvalue weighted by atomic mass is 32.1. The fourth-order valence-corrected chi connectivity index (χ4v) is 9.35.